The maximum Gasteiger partial charge on any atom is 0.317 e. The molecule has 0 aliphatic heterocycles. The van der Waals surface area contributed by atoms with Gasteiger partial charge in [-0.1, -0.05) is 24.3 Å². The van der Waals surface area contributed by atoms with Crippen molar-refractivity contribution in [2.75, 3.05) is 13.7 Å². The second-order valence-corrected chi connectivity index (χ2v) is 6.39. The molecule has 0 N–H and O–H groups in total. The highest BCUT2D eigenvalue weighted by atomic mass is 19.1. The van der Waals surface area contributed by atoms with E-state index in [9.17, 15) is 14.0 Å². The largest absolute Gasteiger partial charge is 0.497 e. The van der Waals surface area contributed by atoms with Crippen LogP contribution in [0.3, 0.4) is 0 Å². The Morgan fingerprint density at radius 1 is 1.11 bits per heavy atom. The lowest BCUT2D eigenvalue weighted by Gasteiger charge is -2.29. The Morgan fingerprint density at radius 3 is 2.37 bits per heavy atom. The number of ether oxygens (including phenoxy) is 2. The summed E-state index contributed by atoms with van der Waals surface area (Å²) in [7, 11) is 1.59. The maximum absolute atomic E-state index is 13.3. The second-order valence-electron chi connectivity index (χ2n) is 6.39. The maximum atomic E-state index is 13.3. The van der Waals surface area contributed by atoms with Crippen LogP contribution in [0.5, 0.6) is 5.75 Å². The molecule has 3 rings (SSSR count). The highest BCUT2D eigenvalue weighted by molar-refractivity contribution is 6.10. The Morgan fingerprint density at radius 2 is 1.78 bits per heavy atom. The van der Waals surface area contributed by atoms with Gasteiger partial charge in [0.15, 0.2) is 5.78 Å². The fourth-order valence-corrected chi connectivity index (χ4v) is 3.41. The predicted molar refractivity (Wildman–Crippen MR) is 99.9 cm³/mol. The Labute approximate surface area is 157 Å². The van der Waals surface area contributed by atoms with Gasteiger partial charge in [-0.25, -0.2) is 4.39 Å². The van der Waals surface area contributed by atoms with Gasteiger partial charge in [-0.05, 0) is 60.4 Å². The minimum Gasteiger partial charge on any atom is -0.497 e. The van der Waals surface area contributed by atoms with Crippen LogP contribution in [-0.4, -0.2) is 25.5 Å². The minimum atomic E-state index is -0.919. The minimum absolute atomic E-state index is 0.202. The van der Waals surface area contributed by atoms with E-state index in [1.807, 2.05) is 24.3 Å². The third-order valence-corrected chi connectivity index (χ3v) is 4.76. The average Bonchev–Trinajstić information content (AvgIpc) is 2.68. The van der Waals surface area contributed by atoms with Gasteiger partial charge in [0.2, 0.25) is 0 Å². The number of ketones is 1. The SMILES string of the molecule is CCOC(=O)[C@H]1C(=O)C=C(c2ccc(OC)cc2)C[C@@H]1c1ccc(F)cc1. The molecule has 0 amide bonds. The Kier molecular flexibility index (Phi) is 5.69. The van der Waals surface area contributed by atoms with Crippen molar-refractivity contribution in [1.82, 2.24) is 0 Å². The lowest BCUT2D eigenvalue weighted by Crippen LogP contribution is -2.34. The van der Waals surface area contributed by atoms with E-state index >= 15 is 0 Å². The quantitative estimate of drug-likeness (QED) is 0.588. The molecule has 5 heteroatoms. The van der Waals surface area contributed by atoms with E-state index in [0.717, 1.165) is 22.4 Å². The van der Waals surface area contributed by atoms with Gasteiger partial charge in [-0.15, -0.1) is 0 Å². The van der Waals surface area contributed by atoms with Crippen LogP contribution >= 0.6 is 0 Å². The van der Waals surface area contributed by atoms with Crippen LogP contribution in [0.25, 0.3) is 5.57 Å². The molecule has 0 bridgehead atoms. The van der Waals surface area contributed by atoms with Crippen LogP contribution < -0.4 is 4.74 Å². The first kappa shape index (κ1) is 18.8. The molecule has 4 nitrogen and oxygen atoms in total. The van der Waals surface area contributed by atoms with Gasteiger partial charge < -0.3 is 9.47 Å². The van der Waals surface area contributed by atoms with E-state index in [1.165, 1.54) is 18.2 Å². The van der Waals surface area contributed by atoms with Crippen molar-refractivity contribution in [2.45, 2.75) is 19.3 Å². The van der Waals surface area contributed by atoms with E-state index in [4.69, 9.17) is 9.47 Å². The molecule has 2 aromatic rings. The third kappa shape index (κ3) is 4.08. The predicted octanol–water partition coefficient (Wildman–Crippen LogP) is 4.15. The van der Waals surface area contributed by atoms with Crippen molar-refractivity contribution >= 4 is 17.3 Å². The fraction of sp³-hybridized carbons (Fsp3) is 0.273. The van der Waals surface area contributed by atoms with Gasteiger partial charge in [0, 0.05) is 5.92 Å². The zero-order valence-electron chi connectivity index (χ0n) is 15.3. The summed E-state index contributed by atoms with van der Waals surface area (Å²) in [5.74, 6) is -1.79. The number of hydrogen-bond donors (Lipinski definition) is 0. The molecule has 0 spiro atoms. The summed E-state index contributed by atoms with van der Waals surface area (Å²) >= 11 is 0. The molecule has 0 radical (unpaired) electrons. The van der Waals surface area contributed by atoms with E-state index in [1.54, 1.807) is 26.2 Å². The molecule has 0 fully saturated rings. The summed E-state index contributed by atoms with van der Waals surface area (Å²) in [6.07, 6.45) is 2.00. The topological polar surface area (TPSA) is 52.6 Å². The number of methoxy groups -OCH3 is 1. The number of rotatable bonds is 5. The molecule has 0 unspecified atom stereocenters. The summed E-state index contributed by atoms with van der Waals surface area (Å²) in [5.41, 5.74) is 2.46. The highest BCUT2D eigenvalue weighted by Crippen LogP contribution is 2.40. The Hall–Kier alpha value is -2.95. The van der Waals surface area contributed by atoms with Crippen molar-refractivity contribution in [1.29, 1.82) is 0 Å². The lowest BCUT2D eigenvalue weighted by molar-refractivity contribution is -0.151. The summed E-state index contributed by atoms with van der Waals surface area (Å²) in [4.78, 5) is 25.2. The average molecular weight is 368 g/mol. The summed E-state index contributed by atoms with van der Waals surface area (Å²) in [6, 6.07) is 13.3. The number of carbonyl (C=O) groups excluding carboxylic acids is 2. The zero-order valence-corrected chi connectivity index (χ0v) is 15.3. The third-order valence-electron chi connectivity index (χ3n) is 4.76. The normalized spacial score (nSPS) is 19.4. The molecule has 2 aromatic carbocycles. The van der Waals surface area contributed by atoms with E-state index in [0.29, 0.717) is 6.42 Å². The zero-order chi connectivity index (χ0) is 19.4. The Balaban J connectivity index is 1.99. The highest BCUT2D eigenvalue weighted by Gasteiger charge is 2.39. The number of halogens is 1. The molecule has 1 aliphatic carbocycles. The standard InChI is InChI=1S/C22H21FO4/c1-3-27-22(25)21-19(15-4-8-17(23)9-5-15)12-16(13-20(21)24)14-6-10-18(26-2)11-7-14/h4-11,13,19,21H,3,12H2,1-2H3/t19-,21-/m1/s1. The number of benzene rings is 2. The first-order valence-corrected chi connectivity index (χ1v) is 8.84. The summed E-state index contributed by atoms with van der Waals surface area (Å²) < 4.78 is 23.6. The first-order chi connectivity index (χ1) is 13.0. The van der Waals surface area contributed by atoms with Crippen molar-refractivity contribution in [3.05, 3.63) is 71.6 Å². The molecule has 140 valence electrons. The van der Waals surface area contributed by atoms with Gasteiger partial charge >= 0.3 is 5.97 Å². The Bertz CT molecular complexity index is 853. The monoisotopic (exact) mass is 368 g/mol. The van der Waals surface area contributed by atoms with E-state index in [2.05, 4.69) is 0 Å². The van der Waals surface area contributed by atoms with Crippen LogP contribution in [-0.2, 0) is 14.3 Å². The molecule has 1 aliphatic rings. The first-order valence-electron chi connectivity index (χ1n) is 8.84. The molecule has 0 heterocycles. The van der Waals surface area contributed by atoms with E-state index < -0.39 is 17.8 Å². The second kappa shape index (κ2) is 8.16. The molecule has 0 saturated carbocycles. The van der Waals surface area contributed by atoms with Crippen molar-refractivity contribution in [3.8, 4) is 5.75 Å². The molecule has 0 saturated heterocycles. The van der Waals surface area contributed by atoms with Gasteiger partial charge in [0.25, 0.3) is 0 Å². The molecule has 0 aromatic heterocycles. The summed E-state index contributed by atoms with van der Waals surface area (Å²) in [6.45, 7) is 1.91. The van der Waals surface area contributed by atoms with E-state index in [-0.39, 0.29) is 18.2 Å². The number of esters is 1. The van der Waals surface area contributed by atoms with Crippen LogP contribution in [0.1, 0.15) is 30.4 Å². The number of hydrogen-bond acceptors (Lipinski definition) is 4. The molecular formula is C22H21FO4. The van der Waals surface area contributed by atoms with Gasteiger partial charge in [-0.3, -0.25) is 9.59 Å². The van der Waals surface area contributed by atoms with Crippen molar-refractivity contribution < 1.29 is 23.5 Å². The lowest BCUT2D eigenvalue weighted by atomic mass is 9.73. The molecule has 27 heavy (non-hydrogen) atoms. The van der Waals surface area contributed by atoms with Gasteiger partial charge in [0.05, 0.1) is 13.7 Å². The summed E-state index contributed by atoms with van der Waals surface area (Å²) in [5, 5.41) is 0. The van der Waals surface area contributed by atoms with Crippen LogP contribution in [0, 0.1) is 11.7 Å². The van der Waals surface area contributed by atoms with Crippen LogP contribution in [0.4, 0.5) is 4.39 Å². The smallest absolute Gasteiger partial charge is 0.317 e. The molecular weight excluding hydrogens is 347 g/mol. The van der Waals surface area contributed by atoms with Crippen molar-refractivity contribution in [2.24, 2.45) is 5.92 Å². The number of carbonyl (C=O) groups is 2. The fourth-order valence-electron chi connectivity index (χ4n) is 3.41. The van der Waals surface area contributed by atoms with Crippen molar-refractivity contribution in [3.63, 3.8) is 0 Å². The van der Waals surface area contributed by atoms with Crippen LogP contribution in [0.15, 0.2) is 54.6 Å². The van der Waals surface area contributed by atoms with Gasteiger partial charge in [-0.2, -0.15) is 0 Å². The van der Waals surface area contributed by atoms with Crippen LogP contribution in [0.2, 0.25) is 0 Å². The number of allylic oxidation sites excluding steroid dienone is 2. The van der Waals surface area contributed by atoms with Gasteiger partial charge in [0.1, 0.15) is 17.5 Å². The molecule has 2 atom stereocenters.